The minimum Gasteiger partial charge on any atom is -0.325 e. The van der Waals surface area contributed by atoms with Crippen molar-refractivity contribution in [2.24, 2.45) is 0 Å². The van der Waals surface area contributed by atoms with Gasteiger partial charge in [-0.15, -0.1) is 11.8 Å². The van der Waals surface area contributed by atoms with Crippen LogP contribution < -0.4 is 5.32 Å². The molecule has 1 amide bonds. The highest BCUT2D eigenvalue weighted by Crippen LogP contribution is 2.42. The summed E-state index contributed by atoms with van der Waals surface area (Å²) in [5, 5.41) is 3.20. The standard InChI is InChI=1S/C16H15NOS/c1-11-6-2-3-7-12(11)16-13-8-4-5-9-14(13)17-15(18)10-19-16/h2-9,16H,10H2,1H3,(H,17,18). The van der Waals surface area contributed by atoms with Crippen LogP contribution in [0.5, 0.6) is 0 Å². The van der Waals surface area contributed by atoms with Crippen LogP contribution in [0.3, 0.4) is 0 Å². The third kappa shape index (κ3) is 2.38. The Morgan fingerprint density at radius 1 is 1.05 bits per heavy atom. The van der Waals surface area contributed by atoms with Crippen LogP contribution >= 0.6 is 11.8 Å². The first-order valence-corrected chi connectivity index (χ1v) is 7.36. The van der Waals surface area contributed by atoms with E-state index in [9.17, 15) is 4.79 Å². The Morgan fingerprint density at radius 2 is 1.74 bits per heavy atom. The van der Waals surface area contributed by atoms with Crippen LogP contribution in [0.2, 0.25) is 0 Å². The molecule has 1 atom stereocenters. The molecule has 0 aliphatic carbocycles. The molecule has 0 bridgehead atoms. The normalized spacial score (nSPS) is 18.4. The predicted octanol–water partition coefficient (Wildman–Crippen LogP) is 3.77. The molecule has 1 heterocycles. The molecule has 2 aromatic rings. The molecule has 2 nitrogen and oxygen atoms in total. The molecule has 0 spiro atoms. The van der Waals surface area contributed by atoms with Gasteiger partial charge in [-0.25, -0.2) is 0 Å². The van der Waals surface area contributed by atoms with Gasteiger partial charge in [-0.1, -0.05) is 42.5 Å². The van der Waals surface area contributed by atoms with E-state index in [1.54, 1.807) is 11.8 Å². The molecule has 1 unspecified atom stereocenters. The molecule has 1 aliphatic heterocycles. The Hall–Kier alpha value is -1.74. The first-order chi connectivity index (χ1) is 9.25. The summed E-state index contributed by atoms with van der Waals surface area (Å²) in [6.07, 6.45) is 0. The highest BCUT2D eigenvalue weighted by atomic mass is 32.2. The van der Waals surface area contributed by atoms with Gasteiger partial charge in [0.1, 0.15) is 0 Å². The SMILES string of the molecule is Cc1ccccc1C1SCC(=O)Nc2ccccc21. The van der Waals surface area contributed by atoms with Crippen molar-refractivity contribution in [2.75, 3.05) is 11.1 Å². The summed E-state index contributed by atoms with van der Waals surface area (Å²) in [6.45, 7) is 2.12. The smallest absolute Gasteiger partial charge is 0.234 e. The molecule has 3 heteroatoms. The number of rotatable bonds is 1. The van der Waals surface area contributed by atoms with E-state index >= 15 is 0 Å². The Balaban J connectivity index is 2.12. The van der Waals surface area contributed by atoms with Gasteiger partial charge in [-0.3, -0.25) is 4.79 Å². The number of aryl methyl sites for hydroxylation is 1. The Labute approximate surface area is 117 Å². The molecule has 1 N–H and O–H groups in total. The number of nitrogens with one attached hydrogen (secondary N) is 1. The van der Waals surface area contributed by atoms with Crippen molar-refractivity contribution in [3.8, 4) is 0 Å². The van der Waals surface area contributed by atoms with Crippen LogP contribution in [0, 0.1) is 6.92 Å². The molecular weight excluding hydrogens is 254 g/mol. The van der Waals surface area contributed by atoms with Gasteiger partial charge in [-0.05, 0) is 29.7 Å². The fraction of sp³-hybridized carbons (Fsp3) is 0.188. The van der Waals surface area contributed by atoms with E-state index in [-0.39, 0.29) is 11.2 Å². The molecule has 96 valence electrons. The van der Waals surface area contributed by atoms with Crippen molar-refractivity contribution < 1.29 is 4.79 Å². The van der Waals surface area contributed by atoms with Crippen molar-refractivity contribution in [3.05, 3.63) is 65.2 Å². The summed E-state index contributed by atoms with van der Waals surface area (Å²) in [7, 11) is 0. The third-order valence-electron chi connectivity index (χ3n) is 3.37. The average molecular weight is 269 g/mol. The van der Waals surface area contributed by atoms with Gasteiger partial charge in [0.2, 0.25) is 5.91 Å². The fourth-order valence-corrected chi connectivity index (χ4v) is 3.63. The van der Waals surface area contributed by atoms with Gasteiger partial charge in [0.25, 0.3) is 0 Å². The lowest BCUT2D eigenvalue weighted by molar-refractivity contribution is -0.113. The number of thioether (sulfide) groups is 1. The molecule has 2 aromatic carbocycles. The molecule has 0 saturated carbocycles. The molecule has 0 aromatic heterocycles. The molecule has 19 heavy (non-hydrogen) atoms. The van der Waals surface area contributed by atoms with E-state index in [4.69, 9.17) is 0 Å². The number of carbonyl (C=O) groups is 1. The number of benzene rings is 2. The molecule has 3 rings (SSSR count). The summed E-state index contributed by atoms with van der Waals surface area (Å²) in [5.41, 5.74) is 4.68. The lowest BCUT2D eigenvalue weighted by Crippen LogP contribution is -2.12. The Bertz CT molecular complexity index is 624. The van der Waals surface area contributed by atoms with Crippen LogP contribution in [0.15, 0.2) is 48.5 Å². The van der Waals surface area contributed by atoms with Crippen LogP contribution in [0.25, 0.3) is 0 Å². The summed E-state index contributed by atoms with van der Waals surface area (Å²) in [4.78, 5) is 11.8. The predicted molar refractivity (Wildman–Crippen MR) is 80.6 cm³/mol. The highest BCUT2D eigenvalue weighted by Gasteiger charge is 2.24. The van der Waals surface area contributed by atoms with E-state index in [1.807, 2.05) is 18.2 Å². The largest absolute Gasteiger partial charge is 0.325 e. The van der Waals surface area contributed by atoms with E-state index < -0.39 is 0 Å². The van der Waals surface area contributed by atoms with Crippen molar-refractivity contribution in [1.82, 2.24) is 0 Å². The van der Waals surface area contributed by atoms with Gasteiger partial charge >= 0.3 is 0 Å². The number of anilines is 1. The van der Waals surface area contributed by atoms with Crippen LogP contribution in [0.4, 0.5) is 5.69 Å². The summed E-state index contributed by atoms with van der Waals surface area (Å²) < 4.78 is 0. The van der Waals surface area contributed by atoms with Crippen molar-refractivity contribution in [2.45, 2.75) is 12.2 Å². The second-order valence-corrected chi connectivity index (χ2v) is 5.78. The number of hydrogen-bond acceptors (Lipinski definition) is 2. The van der Waals surface area contributed by atoms with Crippen LogP contribution in [0.1, 0.15) is 21.9 Å². The monoisotopic (exact) mass is 269 g/mol. The average Bonchev–Trinajstić information content (AvgIpc) is 2.58. The zero-order valence-electron chi connectivity index (χ0n) is 10.7. The molecular formula is C16H15NOS. The van der Waals surface area contributed by atoms with Crippen molar-refractivity contribution in [3.63, 3.8) is 0 Å². The Morgan fingerprint density at radius 3 is 2.53 bits per heavy atom. The molecule has 1 aliphatic rings. The zero-order chi connectivity index (χ0) is 13.2. The number of amides is 1. The first kappa shape index (κ1) is 12.3. The second kappa shape index (κ2) is 5.10. The number of fused-ring (bicyclic) bond motifs is 1. The van der Waals surface area contributed by atoms with Gasteiger partial charge < -0.3 is 5.32 Å². The van der Waals surface area contributed by atoms with Gasteiger partial charge in [-0.2, -0.15) is 0 Å². The van der Waals surface area contributed by atoms with E-state index in [2.05, 4.69) is 42.6 Å². The molecule has 0 fully saturated rings. The maximum Gasteiger partial charge on any atom is 0.234 e. The minimum absolute atomic E-state index is 0.0773. The topological polar surface area (TPSA) is 29.1 Å². The van der Waals surface area contributed by atoms with Crippen molar-refractivity contribution >= 4 is 23.4 Å². The van der Waals surface area contributed by atoms with Crippen LogP contribution in [-0.2, 0) is 4.79 Å². The maximum absolute atomic E-state index is 11.8. The highest BCUT2D eigenvalue weighted by molar-refractivity contribution is 8.00. The summed E-state index contributed by atoms with van der Waals surface area (Å²) in [5.74, 6) is 0.571. The van der Waals surface area contributed by atoms with Gasteiger partial charge in [0.15, 0.2) is 0 Å². The third-order valence-corrected chi connectivity index (χ3v) is 4.64. The summed E-state index contributed by atoms with van der Waals surface area (Å²) in [6, 6.07) is 16.5. The first-order valence-electron chi connectivity index (χ1n) is 6.31. The van der Waals surface area contributed by atoms with Gasteiger partial charge in [0.05, 0.1) is 11.0 Å². The second-order valence-electron chi connectivity index (χ2n) is 4.68. The number of para-hydroxylation sites is 1. The summed E-state index contributed by atoms with van der Waals surface area (Å²) >= 11 is 1.69. The quantitative estimate of drug-likeness (QED) is 0.854. The van der Waals surface area contributed by atoms with Crippen molar-refractivity contribution in [1.29, 1.82) is 0 Å². The minimum atomic E-state index is 0.0773. The zero-order valence-corrected chi connectivity index (χ0v) is 11.5. The Kier molecular flexibility index (Phi) is 3.30. The number of carbonyl (C=O) groups excluding carboxylic acids is 1. The lowest BCUT2D eigenvalue weighted by Gasteiger charge is -2.18. The lowest BCUT2D eigenvalue weighted by atomic mass is 9.99. The van der Waals surface area contributed by atoms with E-state index in [0.717, 1.165) is 5.69 Å². The van der Waals surface area contributed by atoms with E-state index in [0.29, 0.717) is 5.75 Å². The fourth-order valence-electron chi connectivity index (χ4n) is 2.41. The molecule has 0 saturated heterocycles. The molecule has 0 radical (unpaired) electrons. The van der Waals surface area contributed by atoms with E-state index in [1.165, 1.54) is 16.7 Å². The van der Waals surface area contributed by atoms with Crippen LogP contribution in [-0.4, -0.2) is 11.7 Å². The van der Waals surface area contributed by atoms with Gasteiger partial charge in [0, 0.05) is 5.69 Å². The maximum atomic E-state index is 11.8. The number of hydrogen-bond donors (Lipinski definition) is 1.